The maximum Gasteiger partial charge on any atom is 0.234 e. The molecule has 0 radical (unpaired) electrons. The summed E-state index contributed by atoms with van der Waals surface area (Å²) in [4.78, 5) is 13.0. The summed E-state index contributed by atoms with van der Waals surface area (Å²) in [5.41, 5.74) is 8.16. The Morgan fingerprint density at radius 2 is 2.00 bits per heavy atom. The highest BCUT2D eigenvalue weighted by Crippen LogP contribution is 2.27. The molecule has 104 valence electrons. The molecule has 0 unspecified atom stereocenters. The van der Waals surface area contributed by atoms with Crippen LogP contribution < -0.4 is 11.1 Å². The molecule has 2 rings (SSSR count). The van der Waals surface area contributed by atoms with Gasteiger partial charge in [-0.05, 0) is 52.7 Å². The lowest BCUT2D eigenvalue weighted by Gasteiger charge is -2.10. The Morgan fingerprint density at radius 3 is 2.75 bits per heavy atom. The molecule has 3 N–H and O–H groups in total. The number of carbonyl (C=O) groups excluding carboxylic acids is 1. The molecule has 0 spiro atoms. The molecular formula is C15H15BrN2OS. The van der Waals surface area contributed by atoms with Gasteiger partial charge in [-0.1, -0.05) is 18.2 Å². The molecule has 0 aliphatic heterocycles. The number of halogens is 1. The number of carbonyl (C=O) groups is 1. The van der Waals surface area contributed by atoms with Gasteiger partial charge in [0.25, 0.3) is 0 Å². The van der Waals surface area contributed by atoms with Gasteiger partial charge in [0, 0.05) is 20.7 Å². The highest BCUT2D eigenvalue weighted by atomic mass is 79.9. The van der Waals surface area contributed by atoms with E-state index in [4.69, 9.17) is 5.73 Å². The van der Waals surface area contributed by atoms with E-state index in [9.17, 15) is 4.79 Å². The fourth-order valence-corrected chi connectivity index (χ4v) is 3.05. The average molecular weight is 351 g/mol. The quantitative estimate of drug-likeness (QED) is 0.645. The number of anilines is 2. The number of hydrogen-bond donors (Lipinski definition) is 2. The lowest BCUT2D eigenvalue weighted by Crippen LogP contribution is -2.15. The Labute approximate surface area is 131 Å². The van der Waals surface area contributed by atoms with Gasteiger partial charge in [-0.2, -0.15) is 0 Å². The Kier molecular flexibility index (Phi) is 5.09. The van der Waals surface area contributed by atoms with Gasteiger partial charge < -0.3 is 11.1 Å². The second-order valence-electron chi connectivity index (χ2n) is 4.29. The van der Waals surface area contributed by atoms with Crippen molar-refractivity contribution in [3.8, 4) is 0 Å². The van der Waals surface area contributed by atoms with E-state index in [0.717, 1.165) is 20.6 Å². The third kappa shape index (κ3) is 3.77. The maximum absolute atomic E-state index is 12.0. The molecule has 0 atom stereocenters. The zero-order valence-corrected chi connectivity index (χ0v) is 13.4. The van der Waals surface area contributed by atoms with Crippen molar-refractivity contribution in [3.63, 3.8) is 0 Å². The van der Waals surface area contributed by atoms with Crippen LogP contribution in [0.4, 0.5) is 11.4 Å². The minimum absolute atomic E-state index is 0.0422. The number of benzene rings is 2. The molecule has 0 fully saturated rings. The van der Waals surface area contributed by atoms with Crippen LogP contribution in [0.3, 0.4) is 0 Å². The number of hydrogen-bond acceptors (Lipinski definition) is 3. The van der Waals surface area contributed by atoms with E-state index < -0.39 is 0 Å². The van der Waals surface area contributed by atoms with Gasteiger partial charge >= 0.3 is 0 Å². The summed E-state index contributed by atoms with van der Waals surface area (Å²) in [5.74, 6) is 0.316. The largest absolute Gasteiger partial charge is 0.398 e. The number of nitrogens with two attached hydrogens (primary N) is 1. The van der Waals surface area contributed by atoms with Gasteiger partial charge in [0.2, 0.25) is 5.91 Å². The van der Waals surface area contributed by atoms with Crippen LogP contribution in [0, 0.1) is 6.92 Å². The Morgan fingerprint density at radius 1 is 1.25 bits per heavy atom. The Balaban J connectivity index is 1.96. The minimum Gasteiger partial charge on any atom is -0.398 e. The van der Waals surface area contributed by atoms with Crippen LogP contribution in [0.15, 0.2) is 51.8 Å². The first-order valence-corrected chi connectivity index (χ1v) is 7.88. The van der Waals surface area contributed by atoms with Crippen LogP contribution in [-0.4, -0.2) is 11.7 Å². The topological polar surface area (TPSA) is 55.1 Å². The average Bonchev–Trinajstić information content (AvgIpc) is 2.43. The fourth-order valence-electron chi connectivity index (χ4n) is 1.68. The van der Waals surface area contributed by atoms with Crippen molar-refractivity contribution < 1.29 is 4.79 Å². The molecular weight excluding hydrogens is 336 g/mol. The van der Waals surface area contributed by atoms with E-state index in [2.05, 4.69) is 21.2 Å². The van der Waals surface area contributed by atoms with Gasteiger partial charge in [-0.25, -0.2) is 0 Å². The van der Waals surface area contributed by atoms with Crippen LogP contribution in [0.1, 0.15) is 5.56 Å². The van der Waals surface area contributed by atoms with E-state index in [1.165, 1.54) is 11.8 Å². The zero-order chi connectivity index (χ0) is 14.5. The maximum atomic E-state index is 12.0. The smallest absolute Gasteiger partial charge is 0.234 e. The van der Waals surface area contributed by atoms with Crippen LogP contribution >= 0.6 is 27.7 Å². The molecule has 0 heterocycles. The standard InChI is InChI=1S/C15H15BrN2OS/c1-10-12(17)6-4-7-13(10)18-15(19)9-20-14-8-3-2-5-11(14)16/h2-8H,9,17H2,1H3,(H,18,19). The second kappa shape index (κ2) is 6.81. The molecule has 0 aromatic heterocycles. The van der Waals surface area contributed by atoms with Crippen molar-refractivity contribution in [1.82, 2.24) is 0 Å². The molecule has 20 heavy (non-hydrogen) atoms. The Bertz CT molecular complexity index is 631. The first-order valence-electron chi connectivity index (χ1n) is 6.10. The highest BCUT2D eigenvalue weighted by Gasteiger charge is 2.08. The first-order chi connectivity index (χ1) is 9.58. The van der Waals surface area contributed by atoms with Gasteiger partial charge in [-0.3, -0.25) is 4.79 Å². The van der Waals surface area contributed by atoms with Gasteiger partial charge in [0.15, 0.2) is 0 Å². The molecule has 5 heteroatoms. The summed E-state index contributed by atoms with van der Waals surface area (Å²) < 4.78 is 0.998. The SMILES string of the molecule is Cc1c(N)cccc1NC(=O)CSc1ccccc1Br. The van der Waals surface area contributed by atoms with Gasteiger partial charge in [-0.15, -0.1) is 11.8 Å². The predicted octanol–water partition coefficient (Wildman–Crippen LogP) is 4.07. The summed E-state index contributed by atoms with van der Waals surface area (Å²) in [6.07, 6.45) is 0. The van der Waals surface area contributed by atoms with Crippen molar-refractivity contribution >= 4 is 45.0 Å². The molecule has 1 amide bonds. The fraction of sp³-hybridized carbons (Fsp3) is 0.133. The third-order valence-corrected chi connectivity index (χ3v) is 4.87. The van der Waals surface area contributed by atoms with E-state index >= 15 is 0 Å². The van der Waals surface area contributed by atoms with Crippen molar-refractivity contribution in [2.24, 2.45) is 0 Å². The van der Waals surface area contributed by atoms with E-state index in [1.54, 1.807) is 0 Å². The zero-order valence-electron chi connectivity index (χ0n) is 11.0. The van der Waals surface area contributed by atoms with E-state index in [1.807, 2.05) is 49.4 Å². The van der Waals surface area contributed by atoms with Gasteiger partial charge in [0.1, 0.15) is 0 Å². The summed E-state index contributed by atoms with van der Waals surface area (Å²) in [6.45, 7) is 1.89. The molecule has 3 nitrogen and oxygen atoms in total. The molecule has 0 bridgehead atoms. The lowest BCUT2D eigenvalue weighted by atomic mass is 10.1. The van der Waals surface area contributed by atoms with Crippen molar-refractivity contribution in [2.45, 2.75) is 11.8 Å². The number of nitrogen functional groups attached to an aromatic ring is 1. The summed E-state index contributed by atoms with van der Waals surface area (Å²) in [5, 5.41) is 2.89. The van der Waals surface area contributed by atoms with Gasteiger partial charge in [0.05, 0.1) is 5.75 Å². The van der Waals surface area contributed by atoms with Crippen LogP contribution in [0.25, 0.3) is 0 Å². The summed E-state index contributed by atoms with van der Waals surface area (Å²) >= 11 is 4.96. The molecule has 0 saturated carbocycles. The number of nitrogens with one attached hydrogen (secondary N) is 1. The lowest BCUT2D eigenvalue weighted by molar-refractivity contribution is -0.113. The highest BCUT2D eigenvalue weighted by molar-refractivity contribution is 9.10. The molecule has 0 aliphatic carbocycles. The second-order valence-corrected chi connectivity index (χ2v) is 6.16. The monoisotopic (exact) mass is 350 g/mol. The molecule has 0 saturated heterocycles. The summed E-state index contributed by atoms with van der Waals surface area (Å²) in [7, 11) is 0. The van der Waals surface area contributed by atoms with Crippen molar-refractivity contribution in [1.29, 1.82) is 0 Å². The van der Waals surface area contributed by atoms with Crippen LogP contribution in [0.5, 0.6) is 0 Å². The van der Waals surface area contributed by atoms with E-state index in [-0.39, 0.29) is 5.91 Å². The normalized spacial score (nSPS) is 10.3. The summed E-state index contributed by atoms with van der Waals surface area (Å²) in [6, 6.07) is 13.3. The number of amides is 1. The molecule has 0 aliphatic rings. The third-order valence-electron chi connectivity index (χ3n) is 2.85. The number of thioether (sulfide) groups is 1. The molecule has 2 aromatic carbocycles. The predicted molar refractivity (Wildman–Crippen MR) is 89.1 cm³/mol. The van der Waals surface area contributed by atoms with Crippen LogP contribution in [0.2, 0.25) is 0 Å². The number of rotatable bonds is 4. The van der Waals surface area contributed by atoms with Crippen LogP contribution in [-0.2, 0) is 4.79 Å². The van der Waals surface area contributed by atoms with Crippen molar-refractivity contribution in [2.75, 3.05) is 16.8 Å². The first kappa shape index (κ1) is 14.9. The Hall–Kier alpha value is -1.46. The van der Waals surface area contributed by atoms with E-state index in [0.29, 0.717) is 11.4 Å². The molecule has 2 aromatic rings. The minimum atomic E-state index is -0.0422. The van der Waals surface area contributed by atoms with Crippen molar-refractivity contribution in [3.05, 3.63) is 52.5 Å².